The number of alkyl halides is 3. The Morgan fingerprint density at radius 2 is 1.02 bits per heavy atom. The number of fused-ring (bicyclic) bond motifs is 3. The number of carbonyl (C=O) groups is 2. The number of aliphatic hydroxyl groups is 1. The molecule has 2 heterocycles. The molecule has 2 aliphatic heterocycles. The molecule has 0 aromatic heterocycles. The predicted molar refractivity (Wildman–Crippen MR) is 142 cm³/mol. The minimum absolute atomic E-state index is 0. The molecule has 260 valence electrons. The Bertz CT molecular complexity index is 1390. The summed E-state index contributed by atoms with van der Waals surface area (Å²) in [5.41, 5.74) is -2.79. The van der Waals surface area contributed by atoms with Gasteiger partial charge in [-0.25, -0.2) is 0 Å². The first-order chi connectivity index (χ1) is 20.9. The molecule has 0 bridgehead atoms. The van der Waals surface area contributed by atoms with Gasteiger partial charge >= 0.3 is 53.8 Å². The Kier molecular flexibility index (Phi) is 22.3. The Morgan fingerprint density at radius 1 is 0.688 bits per heavy atom. The predicted octanol–water partition coefficient (Wildman–Crippen LogP) is 1.07. The summed E-state index contributed by atoms with van der Waals surface area (Å²) in [6.07, 6.45) is -4.52. The zero-order valence-electron chi connectivity index (χ0n) is 22.8. The van der Waals surface area contributed by atoms with Gasteiger partial charge in [0.2, 0.25) is 0 Å². The second kappa shape index (κ2) is 21.8. The van der Waals surface area contributed by atoms with Crippen molar-refractivity contribution >= 4 is 23.2 Å². The van der Waals surface area contributed by atoms with Crippen LogP contribution in [0.5, 0.6) is 0 Å². The molecule has 2 amide bonds. The number of benzene rings is 2. The SMILES string of the molecule is O=C1NC2(O)C(=O)N(c3ccc(C(F)(F)F)cc3)N=C2c2ccccc21.O=[N+]([O-])[O-].O=[N+]([O-])[O-].O=[N+]([O-])[O-].O=[N+]([O-])[O-].O=[N+]([O-])[O-].[Ce+4].[NH4+]. The third kappa shape index (κ3) is 18.2. The van der Waals surface area contributed by atoms with E-state index in [0.29, 0.717) is 0 Å². The van der Waals surface area contributed by atoms with Crippen LogP contribution in [0.15, 0.2) is 53.6 Å². The second-order valence-corrected chi connectivity index (χ2v) is 6.94. The van der Waals surface area contributed by atoms with Crippen LogP contribution in [-0.2, 0) is 11.0 Å². The van der Waals surface area contributed by atoms with Gasteiger partial charge in [-0.15, -0.1) is 0 Å². The molecule has 2 aliphatic rings. The molecule has 27 nitrogen and oxygen atoms in total. The van der Waals surface area contributed by atoms with Gasteiger partial charge in [-0.1, -0.05) is 18.2 Å². The van der Waals surface area contributed by atoms with Gasteiger partial charge in [0.25, 0.3) is 11.6 Å². The van der Waals surface area contributed by atoms with Crippen LogP contribution < -0.4 is 16.5 Å². The van der Waals surface area contributed by atoms with E-state index in [0.717, 1.165) is 29.3 Å². The number of rotatable bonds is 1. The summed E-state index contributed by atoms with van der Waals surface area (Å²) in [5, 5.41) is 91.5. The number of hydrazone groups is 1. The van der Waals surface area contributed by atoms with Gasteiger partial charge in [-0.3, -0.25) is 9.59 Å². The maximum absolute atomic E-state index is 12.7. The molecule has 48 heavy (non-hydrogen) atoms. The number of carbonyl (C=O) groups excluding carboxylic acids is 2. The van der Waals surface area contributed by atoms with Crippen molar-refractivity contribution < 1.29 is 95.0 Å². The van der Waals surface area contributed by atoms with Crippen molar-refractivity contribution in [3.63, 3.8) is 0 Å². The van der Waals surface area contributed by atoms with Crippen LogP contribution in [0.1, 0.15) is 21.5 Å². The number of nitrogens with one attached hydrogen (secondary N) is 1. The van der Waals surface area contributed by atoms with E-state index in [1.54, 1.807) is 12.1 Å². The molecular weight excluding hydrogens is 815 g/mol. The Hall–Kier alpha value is -5.86. The van der Waals surface area contributed by atoms with Crippen LogP contribution in [0.2, 0.25) is 0 Å². The van der Waals surface area contributed by atoms with Crippen LogP contribution >= 0.6 is 0 Å². The van der Waals surface area contributed by atoms with E-state index in [-0.39, 0.29) is 70.4 Å². The third-order valence-corrected chi connectivity index (χ3v) is 4.21. The van der Waals surface area contributed by atoms with Crippen LogP contribution in [0, 0.1) is 118 Å². The molecule has 1 unspecified atom stereocenters. The quantitative estimate of drug-likeness (QED) is 0.267. The number of halogens is 3. The number of anilines is 1. The summed E-state index contributed by atoms with van der Waals surface area (Å²) in [5.74, 6) is -1.63. The van der Waals surface area contributed by atoms with Crippen LogP contribution in [0.4, 0.5) is 18.9 Å². The summed E-state index contributed by atoms with van der Waals surface area (Å²) in [4.78, 5) is 66.0. The first-order valence-electron chi connectivity index (χ1n) is 10.2. The third-order valence-electron chi connectivity index (χ3n) is 4.21. The van der Waals surface area contributed by atoms with E-state index in [4.69, 9.17) is 76.6 Å². The molecule has 0 fully saturated rings. The van der Waals surface area contributed by atoms with Crippen molar-refractivity contribution in [2.75, 3.05) is 5.01 Å². The molecule has 1 atom stereocenters. The Balaban J connectivity index is -0.000000365. The monoisotopic (exact) mass is 829 g/mol. The van der Waals surface area contributed by atoms with Gasteiger partial charge in [0, 0.05) is 11.1 Å². The summed E-state index contributed by atoms with van der Waals surface area (Å²) in [7, 11) is 0. The molecule has 2 aromatic rings. The average molecular weight is 829 g/mol. The molecule has 6 N–H and O–H groups in total. The number of amides is 2. The van der Waals surface area contributed by atoms with Gasteiger partial charge in [0.15, 0.2) is 0 Å². The van der Waals surface area contributed by atoms with Crippen LogP contribution in [-0.4, -0.2) is 53.8 Å². The smallest absolute Gasteiger partial charge is 0.369 e. The second-order valence-electron chi connectivity index (χ2n) is 6.94. The van der Waals surface area contributed by atoms with Gasteiger partial charge < -0.3 is 93.2 Å². The van der Waals surface area contributed by atoms with Crippen LogP contribution in [0.25, 0.3) is 0 Å². The fraction of sp³-hybridized carbons (Fsp3) is 0.118. The molecule has 0 aliphatic carbocycles. The van der Waals surface area contributed by atoms with Crippen molar-refractivity contribution in [1.82, 2.24) is 11.5 Å². The van der Waals surface area contributed by atoms with Crippen molar-refractivity contribution in [2.45, 2.75) is 11.9 Å². The van der Waals surface area contributed by atoms with Gasteiger partial charge in [0.1, 0.15) is 5.71 Å². The van der Waals surface area contributed by atoms with Crippen molar-refractivity contribution in [1.29, 1.82) is 0 Å². The summed E-state index contributed by atoms with van der Waals surface area (Å²) < 4.78 is 38.1. The molecule has 0 saturated carbocycles. The zero-order chi connectivity index (χ0) is 36.6. The Labute approximate surface area is 292 Å². The summed E-state index contributed by atoms with van der Waals surface area (Å²) in [6.45, 7) is 0. The fourth-order valence-corrected chi connectivity index (χ4v) is 2.92. The normalized spacial score (nSPS) is 14.3. The topological polar surface area (TPSA) is 449 Å². The van der Waals surface area contributed by atoms with E-state index >= 15 is 0 Å². The van der Waals surface area contributed by atoms with E-state index in [9.17, 15) is 27.9 Å². The summed E-state index contributed by atoms with van der Waals surface area (Å²) in [6, 6.07) is 10.0. The average Bonchev–Trinajstić information content (AvgIpc) is 3.12. The molecule has 0 spiro atoms. The minimum atomic E-state index is -4.52. The van der Waals surface area contributed by atoms with Gasteiger partial charge in [-0.2, -0.15) is 23.3 Å². The molecule has 0 saturated heterocycles. The largest absolute Gasteiger partial charge is 4.00 e. The Morgan fingerprint density at radius 3 is 1.35 bits per heavy atom. The van der Waals surface area contributed by atoms with Crippen molar-refractivity contribution in [3.8, 4) is 0 Å². The molecular formula is C17H14CeF3N9O18. The summed E-state index contributed by atoms with van der Waals surface area (Å²) >= 11 is 0. The maximum atomic E-state index is 12.7. The first-order valence-corrected chi connectivity index (χ1v) is 10.2. The molecule has 4 rings (SSSR count). The number of hydrogen-bond donors (Lipinski definition) is 3. The van der Waals surface area contributed by atoms with E-state index in [2.05, 4.69) is 10.4 Å². The maximum Gasteiger partial charge on any atom is 4.00 e. The van der Waals surface area contributed by atoms with Gasteiger partial charge in [-0.05, 0) is 30.3 Å². The van der Waals surface area contributed by atoms with Crippen molar-refractivity contribution in [2.24, 2.45) is 5.10 Å². The number of nitrogens with zero attached hydrogens (tertiary/aromatic N) is 7. The molecule has 31 heteroatoms. The number of quaternary nitrogens is 1. The van der Waals surface area contributed by atoms with Crippen molar-refractivity contribution in [3.05, 3.63) is 142 Å². The molecule has 2 aromatic carbocycles. The minimum Gasteiger partial charge on any atom is -0.369 e. The standard InChI is InChI=1S/C17H10F3N3O3.Ce.5NO3.H3N/c18-17(19,20)9-5-7-10(8-6-9)23-15(25)16(26)13(22-23)11-3-1-2-4-12(11)14(24)21-16;;5*2-1(3)4;/h1-8,26H,(H,21,24);;;;;;;1H3/q;+4;5*-1;/p+1. The van der Waals surface area contributed by atoms with E-state index < -0.39 is 54.7 Å². The first kappa shape index (κ1) is 49.0. The zero-order valence-corrected chi connectivity index (χ0v) is 25.9. The fourth-order valence-electron chi connectivity index (χ4n) is 2.92. The van der Waals surface area contributed by atoms with Crippen LogP contribution in [0.3, 0.4) is 0 Å². The van der Waals surface area contributed by atoms with E-state index in [1.807, 2.05) is 0 Å². The molecule has 0 radical (unpaired) electrons. The number of hydrogen-bond acceptors (Lipinski definition) is 19. The van der Waals surface area contributed by atoms with E-state index in [1.165, 1.54) is 12.1 Å². The van der Waals surface area contributed by atoms with Gasteiger partial charge in [0.05, 0.1) is 36.7 Å².